The first kappa shape index (κ1) is 8.66. The van der Waals surface area contributed by atoms with Gasteiger partial charge in [-0.05, 0) is 19.8 Å². The molecule has 0 rings (SSSR count). The Kier molecular flexibility index (Phi) is 4.36. The van der Waals surface area contributed by atoms with Crippen molar-refractivity contribution in [2.24, 2.45) is 5.73 Å². The fraction of sp³-hybridized carbons (Fsp3) is 0.714. The van der Waals surface area contributed by atoms with Gasteiger partial charge in [0.15, 0.2) is 0 Å². The van der Waals surface area contributed by atoms with E-state index in [1.807, 2.05) is 0 Å². The van der Waals surface area contributed by atoms with Gasteiger partial charge < -0.3 is 10.8 Å². The highest BCUT2D eigenvalue weighted by Crippen LogP contribution is 1.98. The SMILES string of the molecule is C=CC(N)CCC(C)O. The molecule has 54 valence electrons. The van der Waals surface area contributed by atoms with Gasteiger partial charge in [-0.15, -0.1) is 6.58 Å². The zero-order chi connectivity index (χ0) is 7.28. The predicted molar refractivity (Wildman–Crippen MR) is 39.1 cm³/mol. The average molecular weight is 129 g/mol. The van der Waals surface area contributed by atoms with Crippen LogP contribution in [0.2, 0.25) is 0 Å². The first-order valence-electron chi connectivity index (χ1n) is 3.23. The summed E-state index contributed by atoms with van der Waals surface area (Å²) in [6.45, 7) is 5.29. The monoisotopic (exact) mass is 129 g/mol. The summed E-state index contributed by atoms with van der Waals surface area (Å²) in [5, 5.41) is 8.81. The molecule has 2 unspecified atom stereocenters. The van der Waals surface area contributed by atoms with E-state index in [1.165, 1.54) is 0 Å². The molecule has 0 bridgehead atoms. The lowest BCUT2D eigenvalue weighted by atomic mass is 10.1. The van der Waals surface area contributed by atoms with E-state index in [-0.39, 0.29) is 12.1 Å². The fourth-order valence-corrected chi connectivity index (χ4v) is 0.552. The maximum absolute atomic E-state index is 8.81. The lowest BCUT2D eigenvalue weighted by Gasteiger charge is -2.06. The lowest BCUT2D eigenvalue weighted by Crippen LogP contribution is -2.18. The molecular weight excluding hydrogens is 114 g/mol. The Labute approximate surface area is 56.4 Å². The third-order valence-electron chi connectivity index (χ3n) is 1.22. The molecule has 0 spiro atoms. The Morgan fingerprint density at radius 3 is 2.56 bits per heavy atom. The highest BCUT2D eigenvalue weighted by atomic mass is 16.3. The first-order chi connectivity index (χ1) is 4.16. The standard InChI is InChI=1S/C7H15NO/c1-3-7(8)5-4-6(2)9/h3,6-7,9H,1,4-5,8H2,2H3. The Balaban J connectivity index is 3.16. The number of aliphatic hydroxyl groups is 1. The summed E-state index contributed by atoms with van der Waals surface area (Å²) in [4.78, 5) is 0. The van der Waals surface area contributed by atoms with Crippen LogP contribution in [-0.2, 0) is 0 Å². The molecule has 0 aliphatic heterocycles. The largest absolute Gasteiger partial charge is 0.393 e. The summed E-state index contributed by atoms with van der Waals surface area (Å²) in [7, 11) is 0. The number of rotatable bonds is 4. The Morgan fingerprint density at radius 1 is 1.67 bits per heavy atom. The minimum atomic E-state index is -0.240. The van der Waals surface area contributed by atoms with Crippen LogP contribution in [0.25, 0.3) is 0 Å². The minimum Gasteiger partial charge on any atom is -0.393 e. The second kappa shape index (κ2) is 4.53. The summed E-state index contributed by atoms with van der Waals surface area (Å²) in [6.07, 6.45) is 3.03. The highest BCUT2D eigenvalue weighted by Gasteiger charge is 1.98. The highest BCUT2D eigenvalue weighted by molar-refractivity contribution is 4.82. The van der Waals surface area contributed by atoms with Crippen molar-refractivity contribution in [1.82, 2.24) is 0 Å². The van der Waals surface area contributed by atoms with Crippen LogP contribution < -0.4 is 5.73 Å². The van der Waals surface area contributed by atoms with Gasteiger partial charge in [-0.3, -0.25) is 0 Å². The second-order valence-electron chi connectivity index (χ2n) is 2.33. The number of hydrogen-bond donors (Lipinski definition) is 2. The van der Waals surface area contributed by atoms with Crippen molar-refractivity contribution in [1.29, 1.82) is 0 Å². The van der Waals surface area contributed by atoms with Gasteiger partial charge in [0.1, 0.15) is 0 Å². The van der Waals surface area contributed by atoms with Crippen molar-refractivity contribution in [3.63, 3.8) is 0 Å². The van der Waals surface area contributed by atoms with Crippen LogP contribution in [-0.4, -0.2) is 17.3 Å². The van der Waals surface area contributed by atoms with Gasteiger partial charge in [-0.2, -0.15) is 0 Å². The van der Waals surface area contributed by atoms with Gasteiger partial charge in [0, 0.05) is 6.04 Å². The molecule has 2 nitrogen and oxygen atoms in total. The molecule has 0 amide bonds. The molecule has 9 heavy (non-hydrogen) atoms. The average Bonchev–Trinajstić information content (AvgIpc) is 1.83. The second-order valence-corrected chi connectivity index (χ2v) is 2.33. The van der Waals surface area contributed by atoms with E-state index in [1.54, 1.807) is 13.0 Å². The van der Waals surface area contributed by atoms with Crippen LogP contribution in [0.15, 0.2) is 12.7 Å². The van der Waals surface area contributed by atoms with E-state index >= 15 is 0 Å². The van der Waals surface area contributed by atoms with Crippen LogP contribution in [0.4, 0.5) is 0 Å². The van der Waals surface area contributed by atoms with Crippen LogP contribution in [0.5, 0.6) is 0 Å². The van der Waals surface area contributed by atoms with Gasteiger partial charge in [0.2, 0.25) is 0 Å². The summed E-state index contributed by atoms with van der Waals surface area (Å²) in [5.74, 6) is 0. The van der Waals surface area contributed by atoms with Crippen molar-refractivity contribution >= 4 is 0 Å². The molecule has 0 radical (unpaired) electrons. The number of nitrogens with two attached hydrogens (primary N) is 1. The van der Waals surface area contributed by atoms with Crippen molar-refractivity contribution in [2.45, 2.75) is 31.9 Å². The summed E-state index contributed by atoms with van der Waals surface area (Å²) in [6, 6.07) is 0.0413. The molecule has 0 aromatic rings. The number of hydrogen-bond acceptors (Lipinski definition) is 2. The molecule has 0 aliphatic carbocycles. The van der Waals surface area contributed by atoms with Crippen molar-refractivity contribution < 1.29 is 5.11 Å². The predicted octanol–water partition coefficient (Wildman–Crippen LogP) is 0.661. The number of aliphatic hydroxyl groups excluding tert-OH is 1. The zero-order valence-corrected chi connectivity index (χ0v) is 5.88. The molecule has 0 saturated heterocycles. The van der Waals surface area contributed by atoms with Crippen molar-refractivity contribution in [3.05, 3.63) is 12.7 Å². The third-order valence-corrected chi connectivity index (χ3v) is 1.22. The minimum absolute atomic E-state index is 0.0413. The maximum Gasteiger partial charge on any atom is 0.0512 e. The molecule has 0 fully saturated rings. The Morgan fingerprint density at radius 2 is 2.22 bits per heavy atom. The van der Waals surface area contributed by atoms with Gasteiger partial charge in [0.05, 0.1) is 6.10 Å². The zero-order valence-electron chi connectivity index (χ0n) is 5.88. The van der Waals surface area contributed by atoms with Gasteiger partial charge in [-0.1, -0.05) is 6.08 Å². The van der Waals surface area contributed by atoms with Crippen LogP contribution in [0.3, 0.4) is 0 Å². The van der Waals surface area contributed by atoms with Crippen LogP contribution >= 0.6 is 0 Å². The topological polar surface area (TPSA) is 46.2 Å². The first-order valence-corrected chi connectivity index (χ1v) is 3.23. The Bertz CT molecular complexity index is 81.0. The molecule has 2 atom stereocenters. The third kappa shape index (κ3) is 5.53. The molecule has 0 aromatic carbocycles. The lowest BCUT2D eigenvalue weighted by molar-refractivity contribution is 0.180. The normalized spacial score (nSPS) is 16.8. The molecule has 3 N–H and O–H groups in total. The molecule has 0 aromatic heterocycles. The maximum atomic E-state index is 8.81. The fourth-order valence-electron chi connectivity index (χ4n) is 0.552. The van der Waals surface area contributed by atoms with Crippen LogP contribution in [0.1, 0.15) is 19.8 Å². The molecular formula is C7H15NO. The van der Waals surface area contributed by atoms with E-state index < -0.39 is 0 Å². The van der Waals surface area contributed by atoms with Crippen molar-refractivity contribution in [2.75, 3.05) is 0 Å². The molecule has 0 heterocycles. The van der Waals surface area contributed by atoms with E-state index in [2.05, 4.69) is 6.58 Å². The summed E-state index contributed by atoms with van der Waals surface area (Å²) < 4.78 is 0. The van der Waals surface area contributed by atoms with Crippen molar-refractivity contribution in [3.8, 4) is 0 Å². The van der Waals surface area contributed by atoms with Gasteiger partial charge in [-0.25, -0.2) is 0 Å². The molecule has 2 heteroatoms. The summed E-state index contributed by atoms with van der Waals surface area (Å²) in [5.41, 5.74) is 5.49. The smallest absolute Gasteiger partial charge is 0.0512 e. The van der Waals surface area contributed by atoms with E-state index in [9.17, 15) is 0 Å². The van der Waals surface area contributed by atoms with Gasteiger partial charge in [0.25, 0.3) is 0 Å². The van der Waals surface area contributed by atoms with E-state index in [4.69, 9.17) is 10.8 Å². The van der Waals surface area contributed by atoms with E-state index in [0.29, 0.717) is 0 Å². The van der Waals surface area contributed by atoms with Crippen LogP contribution in [0, 0.1) is 0 Å². The Hall–Kier alpha value is -0.340. The van der Waals surface area contributed by atoms with E-state index in [0.717, 1.165) is 12.8 Å². The quantitative estimate of drug-likeness (QED) is 0.548. The molecule has 0 aliphatic rings. The summed E-state index contributed by atoms with van der Waals surface area (Å²) >= 11 is 0. The molecule has 0 saturated carbocycles. The van der Waals surface area contributed by atoms with Gasteiger partial charge >= 0.3 is 0 Å².